The fourth-order valence-corrected chi connectivity index (χ4v) is 1.32. The van der Waals surface area contributed by atoms with Crippen molar-refractivity contribution in [1.82, 2.24) is 4.90 Å². The molecule has 2 nitrogen and oxygen atoms in total. The molecule has 1 amide bonds. The van der Waals surface area contributed by atoms with Crippen molar-refractivity contribution in [2.24, 2.45) is 5.92 Å². The number of hydrogen-bond donors (Lipinski definition) is 0. The van der Waals surface area contributed by atoms with Gasteiger partial charge in [-0.2, -0.15) is 0 Å². The average Bonchev–Trinajstić information content (AvgIpc) is 2.15. The Balaban J connectivity index is 0. The van der Waals surface area contributed by atoms with Crippen molar-refractivity contribution in [3.05, 3.63) is 0 Å². The number of carbonyl (C=O) groups is 1. The van der Waals surface area contributed by atoms with Crippen LogP contribution in [0, 0.1) is 5.92 Å². The van der Waals surface area contributed by atoms with Gasteiger partial charge in [-0.05, 0) is 5.92 Å². The van der Waals surface area contributed by atoms with E-state index in [0.717, 1.165) is 18.2 Å². The van der Waals surface area contributed by atoms with E-state index in [1.54, 1.807) is 4.90 Å². The molecule has 0 aromatic carbocycles. The summed E-state index contributed by atoms with van der Waals surface area (Å²) < 4.78 is 0. The zero-order valence-electron chi connectivity index (χ0n) is 7.76. The molecule has 1 rings (SSSR count). The van der Waals surface area contributed by atoms with Crippen LogP contribution < -0.4 is 0 Å². The highest BCUT2D eigenvalue weighted by Gasteiger charge is 2.15. The molecule has 0 saturated carbocycles. The summed E-state index contributed by atoms with van der Waals surface area (Å²) in [6.45, 7) is 7.42. The molecule has 74 valence electrons. The van der Waals surface area contributed by atoms with Crippen LogP contribution in [0.2, 0.25) is 0 Å². The van der Waals surface area contributed by atoms with Crippen LogP contribution in [0.15, 0.2) is 0 Å². The molecule has 1 aliphatic heterocycles. The van der Waals surface area contributed by atoms with Crippen molar-refractivity contribution < 1.29 is 4.79 Å². The Labute approximate surface area is 80.7 Å². The number of nitrogens with zero attached hydrogens (tertiary/aromatic N) is 1. The third kappa shape index (κ3) is 7.92. The van der Waals surface area contributed by atoms with Gasteiger partial charge in [0.2, 0.25) is 0 Å². The fourth-order valence-electron chi connectivity index (χ4n) is 0.471. The number of hydrogen-bond acceptors (Lipinski definition) is 2. The number of carbonyl (C=O) groups excluding carboxylic acids is 1. The number of amides is 1. The first-order valence-corrected chi connectivity index (χ1v) is 4.90. The van der Waals surface area contributed by atoms with Gasteiger partial charge in [-0.15, -0.1) is 0 Å². The van der Waals surface area contributed by atoms with Crippen molar-refractivity contribution in [1.29, 1.82) is 0 Å². The van der Waals surface area contributed by atoms with Gasteiger partial charge in [-0.1, -0.05) is 40.0 Å². The molecule has 0 radical (unpaired) electrons. The van der Waals surface area contributed by atoms with Gasteiger partial charge >= 0.3 is 0 Å². The smallest absolute Gasteiger partial charge is 0.281 e. The van der Waals surface area contributed by atoms with E-state index >= 15 is 0 Å². The van der Waals surface area contributed by atoms with Crippen LogP contribution in [0.3, 0.4) is 0 Å². The highest BCUT2D eigenvalue weighted by Crippen LogP contribution is 2.13. The predicted octanol–water partition coefficient (Wildman–Crippen LogP) is 3.08. The molecule has 0 spiro atoms. The van der Waals surface area contributed by atoms with Gasteiger partial charge in [0.1, 0.15) is 0 Å². The second kappa shape index (κ2) is 7.47. The molecular formula is C9H21NOS. The maximum atomic E-state index is 10.5. The van der Waals surface area contributed by atoms with Gasteiger partial charge in [0, 0.05) is 19.3 Å². The maximum Gasteiger partial charge on any atom is 0.281 e. The normalized spacial score (nSPS) is 15.4. The summed E-state index contributed by atoms with van der Waals surface area (Å²) in [4.78, 5) is 12.2. The first kappa shape index (κ1) is 14.3. The van der Waals surface area contributed by atoms with Crippen molar-refractivity contribution in [3.8, 4) is 0 Å². The largest absolute Gasteiger partial charge is 0.336 e. The Kier molecular flexibility index (Phi) is 8.93. The zero-order valence-corrected chi connectivity index (χ0v) is 8.57. The first-order chi connectivity index (χ1) is 5.04. The molecule has 1 saturated heterocycles. The van der Waals surface area contributed by atoms with Gasteiger partial charge < -0.3 is 4.90 Å². The Bertz CT molecular complexity index is 123. The summed E-state index contributed by atoms with van der Waals surface area (Å²) in [6, 6.07) is 0. The van der Waals surface area contributed by atoms with Gasteiger partial charge in [0.25, 0.3) is 5.24 Å². The lowest BCUT2D eigenvalue weighted by Crippen LogP contribution is -2.15. The van der Waals surface area contributed by atoms with Gasteiger partial charge in [0.05, 0.1) is 0 Å². The molecule has 1 heterocycles. The van der Waals surface area contributed by atoms with E-state index in [4.69, 9.17) is 0 Å². The fraction of sp³-hybridized carbons (Fsp3) is 0.889. The molecule has 0 atom stereocenters. The first-order valence-electron chi connectivity index (χ1n) is 3.92. The van der Waals surface area contributed by atoms with E-state index in [1.807, 2.05) is 7.05 Å². The summed E-state index contributed by atoms with van der Waals surface area (Å²) in [5, 5.41) is 0.208. The minimum absolute atomic E-state index is 0. The van der Waals surface area contributed by atoms with E-state index in [2.05, 4.69) is 20.8 Å². The van der Waals surface area contributed by atoms with Crippen LogP contribution in [0.1, 0.15) is 28.2 Å². The van der Waals surface area contributed by atoms with Crippen LogP contribution in [0.4, 0.5) is 4.79 Å². The van der Waals surface area contributed by atoms with Gasteiger partial charge in [0.15, 0.2) is 0 Å². The lowest BCUT2D eigenvalue weighted by atomic mass is 10.3. The highest BCUT2D eigenvalue weighted by atomic mass is 32.2. The molecular weight excluding hydrogens is 170 g/mol. The Hall–Kier alpha value is -0.180. The Morgan fingerprint density at radius 3 is 1.92 bits per heavy atom. The van der Waals surface area contributed by atoms with E-state index in [1.165, 1.54) is 11.8 Å². The third-order valence-corrected chi connectivity index (χ3v) is 1.91. The summed E-state index contributed by atoms with van der Waals surface area (Å²) in [5.74, 6) is 1.80. The number of thioether (sulfide) groups is 1. The van der Waals surface area contributed by atoms with E-state index in [0.29, 0.717) is 0 Å². The van der Waals surface area contributed by atoms with Crippen LogP contribution >= 0.6 is 11.8 Å². The standard InChI is InChI=1S/C4H7NOS.C4H10.CH4/c1-5-2-3-7-4(5)6;1-4(2)3;/h2-3H2,1H3;4H,1-3H3;1H4. The zero-order chi connectivity index (χ0) is 8.85. The molecule has 0 N–H and O–H groups in total. The van der Waals surface area contributed by atoms with E-state index in [9.17, 15) is 4.79 Å². The molecule has 0 unspecified atom stereocenters. The molecule has 0 aliphatic carbocycles. The van der Waals surface area contributed by atoms with Crippen molar-refractivity contribution in [2.75, 3.05) is 19.3 Å². The third-order valence-electron chi connectivity index (χ3n) is 0.964. The summed E-state index contributed by atoms with van der Waals surface area (Å²) in [5.41, 5.74) is 0. The molecule has 0 aromatic rings. The van der Waals surface area contributed by atoms with E-state index in [-0.39, 0.29) is 12.7 Å². The quantitative estimate of drug-likeness (QED) is 0.586. The maximum absolute atomic E-state index is 10.5. The summed E-state index contributed by atoms with van der Waals surface area (Å²) in [7, 11) is 1.82. The van der Waals surface area contributed by atoms with Gasteiger partial charge in [-0.25, -0.2) is 0 Å². The predicted molar refractivity (Wildman–Crippen MR) is 57.7 cm³/mol. The second-order valence-electron chi connectivity index (χ2n) is 3.27. The topological polar surface area (TPSA) is 20.3 Å². The minimum Gasteiger partial charge on any atom is -0.336 e. The molecule has 0 aromatic heterocycles. The monoisotopic (exact) mass is 191 g/mol. The Morgan fingerprint density at radius 1 is 1.42 bits per heavy atom. The van der Waals surface area contributed by atoms with Crippen molar-refractivity contribution in [3.63, 3.8) is 0 Å². The molecule has 3 heteroatoms. The van der Waals surface area contributed by atoms with Gasteiger partial charge in [-0.3, -0.25) is 4.79 Å². The molecule has 1 aliphatic rings. The highest BCUT2D eigenvalue weighted by molar-refractivity contribution is 8.13. The lowest BCUT2D eigenvalue weighted by Gasteiger charge is -2.01. The average molecular weight is 191 g/mol. The summed E-state index contributed by atoms with van der Waals surface area (Å²) in [6.07, 6.45) is 0. The van der Waals surface area contributed by atoms with E-state index < -0.39 is 0 Å². The molecule has 12 heavy (non-hydrogen) atoms. The number of rotatable bonds is 0. The van der Waals surface area contributed by atoms with Crippen molar-refractivity contribution >= 4 is 17.0 Å². The summed E-state index contributed by atoms with van der Waals surface area (Å²) >= 11 is 1.39. The Morgan fingerprint density at radius 2 is 1.83 bits per heavy atom. The lowest BCUT2D eigenvalue weighted by molar-refractivity contribution is 0.239. The SMILES string of the molecule is C.CC(C)C.CN1CCSC1=O. The van der Waals surface area contributed by atoms with Crippen LogP contribution in [-0.4, -0.2) is 29.5 Å². The minimum atomic E-state index is 0. The second-order valence-corrected chi connectivity index (χ2v) is 4.31. The van der Waals surface area contributed by atoms with Crippen LogP contribution in [-0.2, 0) is 0 Å². The molecule has 0 bridgehead atoms. The molecule has 1 fully saturated rings. The van der Waals surface area contributed by atoms with Crippen LogP contribution in [0.5, 0.6) is 0 Å². The van der Waals surface area contributed by atoms with Crippen LogP contribution in [0.25, 0.3) is 0 Å². The van der Waals surface area contributed by atoms with Crippen molar-refractivity contribution in [2.45, 2.75) is 28.2 Å².